The van der Waals surface area contributed by atoms with Crippen LogP contribution in [0.15, 0.2) is 18.7 Å². The van der Waals surface area contributed by atoms with Crippen LogP contribution >= 0.6 is 8.35 Å². The molecular formula is C4H5N2P. The van der Waals surface area contributed by atoms with Gasteiger partial charge in [-0.3, -0.25) is 4.34 Å². The van der Waals surface area contributed by atoms with Crippen LogP contribution in [0.3, 0.4) is 0 Å². The number of hydrogen-bond donors (Lipinski definition) is 0. The topological polar surface area (TPSA) is 17.8 Å². The molecule has 36 valence electrons. The van der Waals surface area contributed by atoms with E-state index in [2.05, 4.69) is 11.3 Å². The standard InChI is InChI=1S/C4H5N2P/c1-7-6-3-2-5-4-6/h2-4H,1H2. The zero-order chi connectivity index (χ0) is 5.11. The van der Waals surface area contributed by atoms with Gasteiger partial charge in [-0.15, -0.1) is 0 Å². The summed E-state index contributed by atoms with van der Waals surface area (Å²) in [4.78, 5) is 3.81. The Morgan fingerprint density at radius 1 is 1.71 bits per heavy atom. The molecule has 0 unspecified atom stereocenters. The first kappa shape index (κ1) is 4.54. The summed E-state index contributed by atoms with van der Waals surface area (Å²) in [6.45, 7) is 0. The van der Waals surface area contributed by atoms with Crippen molar-refractivity contribution in [2.45, 2.75) is 0 Å². The maximum atomic E-state index is 3.81. The molecule has 0 aliphatic carbocycles. The van der Waals surface area contributed by atoms with Crippen LogP contribution < -0.4 is 0 Å². The number of rotatable bonds is 1. The minimum absolute atomic E-state index is 0.969. The van der Waals surface area contributed by atoms with E-state index in [1.807, 2.05) is 10.5 Å². The molecule has 0 atom stereocenters. The van der Waals surface area contributed by atoms with Gasteiger partial charge in [0, 0.05) is 20.7 Å². The monoisotopic (exact) mass is 112 g/mol. The molecular weight excluding hydrogens is 107 g/mol. The highest BCUT2D eigenvalue weighted by Crippen LogP contribution is 1.94. The SMILES string of the molecule is C=Pn1ccnc1. The molecule has 1 rings (SSSR count). The predicted molar refractivity (Wildman–Crippen MR) is 31.7 cm³/mol. The van der Waals surface area contributed by atoms with E-state index in [4.69, 9.17) is 0 Å². The Kier molecular flexibility index (Phi) is 1.23. The first-order valence-corrected chi connectivity index (χ1v) is 2.91. The minimum Gasteiger partial charge on any atom is -0.289 e. The Balaban J connectivity index is 2.96. The van der Waals surface area contributed by atoms with Crippen molar-refractivity contribution in [3.63, 3.8) is 0 Å². The molecule has 0 amide bonds. The number of aromatic nitrogens is 2. The van der Waals surface area contributed by atoms with Gasteiger partial charge < -0.3 is 0 Å². The van der Waals surface area contributed by atoms with Gasteiger partial charge in [-0.1, -0.05) is 6.30 Å². The summed E-state index contributed by atoms with van der Waals surface area (Å²) in [5, 5.41) is 0. The van der Waals surface area contributed by atoms with Crippen molar-refractivity contribution in [1.29, 1.82) is 0 Å². The van der Waals surface area contributed by atoms with Crippen molar-refractivity contribution in [3.8, 4) is 0 Å². The highest BCUT2D eigenvalue weighted by molar-refractivity contribution is 7.34. The van der Waals surface area contributed by atoms with Crippen molar-refractivity contribution in [2.24, 2.45) is 0 Å². The second-order valence-electron chi connectivity index (χ2n) is 1.08. The van der Waals surface area contributed by atoms with Crippen molar-refractivity contribution in [3.05, 3.63) is 18.7 Å². The van der Waals surface area contributed by atoms with Crippen LogP contribution in [0.2, 0.25) is 0 Å². The molecule has 1 aromatic heterocycles. The molecule has 2 nitrogen and oxygen atoms in total. The van der Waals surface area contributed by atoms with Gasteiger partial charge in [0.2, 0.25) is 0 Å². The zero-order valence-corrected chi connectivity index (χ0v) is 4.68. The summed E-state index contributed by atoms with van der Waals surface area (Å²) in [6.07, 6.45) is 8.96. The molecule has 0 saturated heterocycles. The third kappa shape index (κ3) is 0.875. The van der Waals surface area contributed by atoms with Crippen LogP contribution in [0.1, 0.15) is 0 Å². The van der Waals surface area contributed by atoms with Crippen LogP contribution in [0, 0.1) is 0 Å². The van der Waals surface area contributed by atoms with E-state index in [1.54, 1.807) is 12.5 Å². The summed E-state index contributed by atoms with van der Waals surface area (Å²) in [7, 11) is 0.969. The smallest absolute Gasteiger partial charge is 0.102 e. The molecule has 0 aliphatic rings. The Morgan fingerprint density at radius 2 is 2.57 bits per heavy atom. The molecule has 0 aromatic carbocycles. The van der Waals surface area contributed by atoms with Crippen molar-refractivity contribution < 1.29 is 0 Å². The molecule has 0 spiro atoms. The largest absolute Gasteiger partial charge is 0.289 e. The van der Waals surface area contributed by atoms with Gasteiger partial charge in [-0.05, 0) is 0 Å². The fourth-order valence-corrected chi connectivity index (χ4v) is 0.622. The molecule has 1 aromatic rings. The Hall–Kier alpha value is -0.620. The summed E-state index contributed by atoms with van der Waals surface area (Å²) in [6, 6.07) is 0. The van der Waals surface area contributed by atoms with Crippen LogP contribution in [0.4, 0.5) is 0 Å². The first-order valence-electron chi connectivity index (χ1n) is 1.88. The molecule has 0 bridgehead atoms. The Labute approximate surface area is 43.7 Å². The van der Waals surface area contributed by atoms with E-state index in [0.29, 0.717) is 0 Å². The molecule has 0 saturated carbocycles. The van der Waals surface area contributed by atoms with Crippen molar-refractivity contribution in [1.82, 2.24) is 9.32 Å². The summed E-state index contributed by atoms with van der Waals surface area (Å²) in [5.41, 5.74) is 0. The van der Waals surface area contributed by atoms with E-state index in [-0.39, 0.29) is 0 Å². The van der Waals surface area contributed by atoms with Crippen molar-refractivity contribution in [2.75, 3.05) is 0 Å². The lowest BCUT2D eigenvalue weighted by Crippen LogP contribution is -1.66. The maximum absolute atomic E-state index is 3.81. The summed E-state index contributed by atoms with van der Waals surface area (Å²) >= 11 is 0. The normalized spacial score (nSPS) is 9.71. The highest BCUT2D eigenvalue weighted by atomic mass is 31.1. The fraction of sp³-hybridized carbons (Fsp3) is 0. The first-order chi connectivity index (χ1) is 3.43. The summed E-state index contributed by atoms with van der Waals surface area (Å²) in [5.74, 6) is 0. The lowest BCUT2D eigenvalue weighted by atomic mass is 11.0. The van der Waals surface area contributed by atoms with Crippen LogP contribution in [0.5, 0.6) is 0 Å². The quantitative estimate of drug-likeness (QED) is 0.496. The van der Waals surface area contributed by atoms with E-state index in [9.17, 15) is 0 Å². The summed E-state index contributed by atoms with van der Waals surface area (Å²) < 4.78 is 1.88. The zero-order valence-electron chi connectivity index (χ0n) is 3.78. The van der Waals surface area contributed by atoms with Crippen molar-refractivity contribution >= 4 is 14.7 Å². The van der Waals surface area contributed by atoms with Gasteiger partial charge in [-0.25, -0.2) is 4.98 Å². The number of nitrogens with zero attached hydrogens (tertiary/aromatic N) is 2. The van der Waals surface area contributed by atoms with Gasteiger partial charge in [0.05, 0.1) is 0 Å². The highest BCUT2D eigenvalue weighted by Gasteiger charge is 1.74. The van der Waals surface area contributed by atoms with Gasteiger partial charge in [0.1, 0.15) is 6.33 Å². The second kappa shape index (κ2) is 1.90. The van der Waals surface area contributed by atoms with E-state index in [1.165, 1.54) is 0 Å². The van der Waals surface area contributed by atoms with Crippen LogP contribution in [-0.4, -0.2) is 15.6 Å². The fourth-order valence-electron chi connectivity index (χ4n) is 0.336. The minimum atomic E-state index is 0.969. The average molecular weight is 112 g/mol. The third-order valence-electron chi connectivity index (χ3n) is 0.654. The van der Waals surface area contributed by atoms with Gasteiger partial charge in [-0.2, -0.15) is 0 Å². The molecule has 1 heterocycles. The molecule has 7 heavy (non-hydrogen) atoms. The molecule has 0 N–H and O–H groups in total. The van der Waals surface area contributed by atoms with E-state index >= 15 is 0 Å². The van der Waals surface area contributed by atoms with Gasteiger partial charge in [0.15, 0.2) is 0 Å². The Morgan fingerprint density at radius 3 is 2.86 bits per heavy atom. The van der Waals surface area contributed by atoms with Gasteiger partial charge in [0.25, 0.3) is 0 Å². The third-order valence-corrected chi connectivity index (χ3v) is 1.22. The molecule has 0 radical (unpaired) electrons. The molecule has 0 fully saturated rings. The van der Waals surface area contributed by atoms with Crippen LogP contribution in [0.25, 0.3) is 0 Å². The second-order valence-corrected chi connectivity index (χ2v) is 1.83. The van der Waals surface area contributed by atoms with E-state index in [0.717, 1.165) is 8.35 Å². The molecule has 0 aliphatic heterocycles. The number of hydrogen-bond acceptors (Lipinski definition) is 1. The van der Waals surface area contributed by atoms with E-state index < -0.39 is 0 Å². The predicted octanol–water partition coefficient (Wildman–Crippen LogP) is 1.02. The molecule has 3 heteroatoms. The lowest BCUT2D eigenvalue weighted by molar-refractivity contribution is 1.23. The Bertz CT molecular complexity index is 145. The average Bonchev–Trinajstić information content (AvgIpc) is 2.14. The lowest BCUT2D eigenvalue weighted by Gasteiger charge is -1.79. The number of imidazole rings is 1. The van der Waals surface area contributed by atoms with Gasteiger partial charge >= 0.3 is 0 Å². The van der Waals surface area contributed by atoms with Crippen LogP contribution in [-0.2, 0) is 0 Å². The maximum Gasteiger partial charge on any atom is 0.102 e.